The highest BCUT2D eigenvalue weighted by Gasteiger charge is 2.55. The Morgan fingerprint density at radius 2 is 1.78 bits per heavy atom. The molecule has 4 nitrogen and oxygen atoms in total. The zero-order valence-corrected chi connectivity index (χ0v) is 16.6. The third-order valence-electron chi connectivity index (χ3n) is 5.81. The summed E-state index contributed by atoms with van der Waals surface area (Å²) in [4.78, 5) is 8.51. The van der Waals surface area contributed by atoms with E-state index in [0.29, 0.717) is 22.2 Å². The quantitative estimate of drug-likeness (QED) is 0.448. The SMILES string of the molecule is OC(Cn1ccc2ncccc21)(c1ccc2c(c1)C=NC2c1ccc(F)cc1)C(F)(F)F. The van der Waals surface area contributed by atoms with E-state index < -0.39 is 24.4 Å². The van der Waals surface area contributed by atoms with Crippen molar-refractivity contribution in [3.63, 3.8) is 0 Å². The maximum absolute atomic E-state index is 14.2. The molecule has 0 spiro atoms. The molecule has 162 valence electrons. The van der Waals surface area contributed by atoms with Crippen molar-refractivity contribution in [1.82, 2.24) is 9.55 Å². The smallest absolute Gasteiger partial charge is 0.375 e. The summed E-state index contributed by atoms with van der Waals surface area (Å²) < 4.78 is 57.1. The minimum atomic E-state index is -4.92. The first kappa shape index (κ1) is 20.4. The second kappa shape index (κ2) is 7.27. The summed E-state index contributed by atoms with van der Waals surface area (Å²) in [5.41, 5.74) is -0.452. The average molecular weight is 439 g/mol. The van der Waals surface area contributed by atoms with Crippen LogP contribution in [0.15, 0.2) is 78.0 Å². The van der Waals surface area contributed by atoms with Gasteiger partial charge in [-0.25, -0.2) is 4.39 Å². The minimum Gasteiger partial charge on any atom is -0.375 e. The number of rotatable bonds is 4. The van der Waals surface area contributed by atoms with E-state index in [1.54, 1.807) is 36.5 Å². The summed E-state index contributed by atoms with van der Waals surface area (Å²) in [6, 6.07) is 14.4. The van der Waals surface area contributed by atoms with E-state index in [-0.39, 0.29) is 11.4 Å². The van der Waals surface area contributed by atoms with Crippen molar-refractivity contribution < 1.29 is 22.7 Å². The third kappa shape index (κ3) is 3.27. The first-order valence-corrected chi connectivity index (χ1v) is 9.88. The van der Waals surface area contributed by atoms with Crippen molar-refractivity contribution in [1.29, 1.82) is 0 Å². The molecule has 0 amide bonds. The van der Waals surface area contributed by atoms with Crippen LogP contribution in [0.2, 0.25) is 0 Å². The van der Waals surface area contributed by atoms with E-state index in [1.165, 1.54) is 47.3 Å². The van der Waals surface area contributed by atoms with Gasteiger partial charge in [0.1, 0.15) is 11.9 Å². The molecule has 5 rings (SSSR count). The normalized spacial score (nSPS) is 17.5. The molecule has 2 unspecified atom stereocenters. The molecule has 2 atom stereocenters. The maximum atomic E-state index is 14.2. The van der Waals surface area contributed by atoms with E-state index >= 15 is 0 Å². The summed E-state index contributed by atoms with van der Waals surface area (Å²) in [7, 11) is 0. The van der Waals surface area contributed by atoms with Crippen LogP contribution in [-0.2, 0) is 12.1 Å². The summed E-state index contributed by atoms with van der Waals surface area (Å²) >= 11 is 0. The monoisotopic (exact) mass is 439 g/mol. The predicted octanol–water partition coefficient (Wildman–Crippen LogP) is 5.15. The number of pyridine rings is 1. The molecule has 3 heterocycles. The number of aliphatic imine (C=N–C) groups is 1. The van der Waals surface area contributed by atoms with Gasteiger partial charge >= 0.3 is 6.18 Å². The van der Waals surface area contributed by atoms with Crippen LogP contribution >= 0.6 is 0 Å². The molecular weight excluding hydrogens is 422 g/mol. The molecule has 0 saturated heterocycles. The van der Waals surface area contributed by atoms with Crippen LogP contribution < -0.4 is 0 Å². The molecule has 1 aliphatic heterocycles. The lowest BCUT2D eigenvalue weighted by Gasteiger charge is -2.32. The number of fused-ring (bicyclic) bond motifs is 2. The molecular formula is C24H17F4N3O. The first-order chi connectivity index (χ1) is 15.3. The van der Waals surface area contributed by atoms with Gasteiger partial charge in [-0.1, -0.05) is 24.3 Å². The fraction of sp³-hybridized carbons (Fsp3) is 0.167. The molecule has 2 aromatic carbocycles. The fourth-order valence-electron chi connectivity index (χ4n) is 4.09. The van der Waals surface area contributed by atoms with Crippen LogP contribution in [0.3, 0.4) is 0 Å². The number of hydrogen-bond acceptors (Lipinski definition) is 3. The van der Waals surface area contributed by atoms with Gasteiger partial charge in [0.05, 0.1) is 17.6 Å². The van der Waals surface area contributed by atoms with E-state index in [1.807, 2.05) is 0 Å². The number of halogens is 4. The number of hydrogen-bond donors (Lipinski definition) is 1. The Hall–Kier alpha value is -3.52. The zero-order chi connectivity index (χ0) is 22.5. The lowest BCUT2D eigenvalue weighted by Crippen LogP contribution is -2.45. The highest BCUT2D eigenvalue weighted by Crippen LogP contribution is 2.43. The Balaban J connectivity index is 1.54. The summed E-state index contributed by atoms with van der Waals surface area (Å²) in [6.07, 6.45) is -0.404. The molecule has 4 aromatic rings. The Morgan fingerprint density at radius 1 is 1.00 bits per heavy atom. The van der Waals surface area contributed by atoms with Crippen molar-refractivity contribution in [2.75, 3.05) is 0 Å². The minimum absolute atomic E-state index is 0.277. The molecule has 0 fully saturated rings. The van der Waals surface area contributed by atoms with Crippen molar-refractivity contribution >= 4 is 17.2 Å². The highest BCUT2D eigenvalue weighted by atomic mass is 19.4. The van der Waals surface area contributed by atoms with Gasteiger partial charge < -0.3 is 9.67 Å². The summed E-state index contributed by atoms with van der Waals surface area (Å²) in [6.45, 7) is -0.719. The van der Waals surface area contributed by atoms with Gasteiger partial charge in [-0.15, -0.1) is 0 Å². The van der Waals surface area contributed by atoms with Gasteiger partial charge in [-0.05, 0) is 58.7 Å². The van der Waals surface area contributed by atoms with Crippen LogP contribution in [0.4, 0.5) is 17.6 Å². The number of aromatic nitrogens is 2. The summed E-state index contributed by atoms with van der Waals surface area (Å²) in [5, 5.41) is 10.9. The van der Waals surface area contributed by atoms with Gasteiger partial charge in [-0.2, -0.15) is 13.2 Å². The van der Waals surface area contributed by atoms with Crippen LogP contribution in [0.5, 0.6) is 0 Å². The standard InChI is InChI=1S/C24H17F4N3O/c25-18-6-3-15(4-7-18)22-19-8-5-17(12-16(19)13-30-22)23(32,24(26,27)28)14-31-11-9-20-21(31)2-1-10-29-20/h1-13,22,32H,14H2. The Kier molecular flexibility index (Phi) is 4.63. The van der Waals surface area contributed by atoms with Crippen LogP contribution in [0.25, 0.3) is 11.0 Å². The second-order valence-corrected chi connectivity index (χ2v) is 7.79. The van der Waals surface area contributed by atoms with Crippen molar-refractivity contribution in [2.24, 2.45) is 4.99 Å². The lowest BCUT2D eigenvalue weighted by molar-refractivity contribution is -0.271. The molecule has 8 heteroatoms. The second-order valence-electron chi connectivity index (χ2n) is 7.79. The molecule has 2 aromatic heterocycles. The van der Waals surface area contributed by atoms with Gasteiger partial charge in [0.25, 0.3) is 0 Å². The Bertz CT molecular complexity index is 1330. The van der Waals surface area contributed by atoms with E-state index in [9.17, 15) is 22.7 Å². The number of benzene rings is 2. The Morgan fingerprint density at radius 3 is 2.53 bits per heavy atom. The maximum Gasteiger partial charge on any atom is 0.423 e. The number of aliphatic hydroxyl groups is 1. The number of nitrogens with zero attached hydrogens (tertiary/aromatic N) is 3. The van der Waals surface area contributed by atoms with Crippen LogP contribution in [0.1, 0.15) is 28.3 Å². The van der Waals surface area contributed by atoms with Gasteiger partial charge in [0, 0.05) is 18.6 Å². The van der Waals surface area contributed by atoms with Crippen molar-refractivity contribution in [3.8, 4) is 0 Å². The van der Waals surface area contributed by atoms with Crippen LogP contribution in [-0.4, -0.2) is 27.0 Å². The molecule has 0 bridgehead atoms. The zero-order valence-electron chi connectivity index (χ0n) is 16.6. The van der Waals surface area contributed by atoms with Crippen molar-refractivity contribution in [3.05, 3.63) is 101 Å². The van der Waals surface area contributed by atoms with Gasteiger partial charge in [-0.3, -0.25) is 9.98 Å². The fourth-order valence-corrected chi connectivity index (χ4v) is 4.09. The lowest BCUT2D eigenvalue weighted by atomic mass is 9.88. The van der Waals surface area contributed by atoms with E-state index in [4.69, 9.17) is 0 Å². The molecule has 0 saturated carbocycles. The molecule has 32 heavy (non-hydrogen) atoms. The topological polar surface area (TPSA) is 50.4 Å². The third-order valence-corrected chi connectivity index (χ3v) is 5.81. The molecule has 0 aliphatic carbocycles. The van der Waals surface area contributed by atoms with E-state index in [2.05, 4.69) is 9.98 Å². The molecule has 1 N–H and O–H groups in total. The largest absolute Gasteiger partial charge is 0.423 e. The molecule has 0 radical (unpaired) electrons. The molecule has 1 aliphatic rings. The summed E-state index contributed by atoms with van der Waals surface area (Å²) in [5.74, 6) is -0.380. The van der Waals surface area contributed by atoms with E-state index in [0.717, 1.165) is 5.56 Å². The highest BCUT2D eigenvalue weighted by molar-refractivity contribution is 5.86. The van der Waals surface area contributed by atoms with Gasteiger partial charge in [0.2, 0.25) is 5.60 Å². The predicted molar refractivity (Wildman–Crippen MR) is 112 cm³/mol. The first-order valence-electron chi connectivity index (χ1n) is 9.88. The van der Waals surface area contributed by atoms with Crippen LogP contribution in [0, 0.1) is 5.82 Å². The Labute approximate surface area is 180 Å². The van der Waals surface area contributed by atoms with Crippen molar-refractivity contribution in [2.45, 2.75) is 24.4 Å². The average Bonchev–Trinajstić information content (AvgIpc) is 3.37. The van der Waals surface area contributed by atoms with Gasteiger partial charge in [0.15, 0.2) is 0 Å². The number of alkyl halides is 3.